The molecule has 0 fully saturated rings. The summed E-state index contributed by atoms with van der Waals surface area (Å²) >= 11 is 0. The molecule has 1 aromatic rings. The van der Waals surface area contributed by atoms with Crippen LogP contribution in [0.2, 0.25) is 0 Å². The number of methoxy groups -OCH3 is 2. The molecule has 1 aliphatic heterocycles. The van der Waals surface area contributed by atoms with E-state index in [4.69, 9.17) is 18.9 Å². The molecule has 146 valence electrons. The number of esters is 2. The van der Waals surface area contributed by atoms with Crippen molar-refractivity contribution in [2.24, 2.45) is 0 Å². The Kier molecular flexibility index (Phi) is 7.01. The highest BCUT2D eigenvalue weighted by atomic mass is 16.7. The van der Waals surface area contributed by atoms with Crippen LogP contribution in [0.25, 0.3) is 0 Å². The molecule has 1 unspecified atom stereocenters. The Labute approximate surface area is 158 Å². The largest absolute Gasteiger partial charge is 0.467 e. The molecule has 0 saturated heterocycles. The van der Waals surface area contributed by atoms with Crippen molar-refractivity contribution in [2.75, 3.05) is 27.6 Å². The molecule has 0 amide bonds. The molecule has 0 spiro atoms. The molecular weight excluding hydrogens is 350 g/mol. The summed E-state index contributed by atoms with van der Waals surface area (Å²) in [6.07, 6.45) is 0. The van der Waals surface area contributed by atoms with E-state index >= 15 is 0 Å². The van der Waals surface area contributed by atoms with Crippen molar-refractivity contribution in [1.82, 2.24) is 5.32 Å². The van der Waals surface area contributed by atoms with Gasteiger partial charge in [-0.25, -0.2) is 9.59 Å². The fraction of sp³-hybridized carbons (Fsp3) is 0.400. The van der Waals surface area contributed by atoms with E-state index in [2.05, 4.69) is 5.32 Å². The highest BCUT2D eigenvalue weighted by Gasteiger charge is 2.39. The Morgan fingerprint density at radius 2 is 1.67 bits per heavy atom. The molecule has 1 N–H and O–H groups in total. The lowest BCUT2D eigenvalue weighted by Gasteiger charge is -2.31. The first-order valence-electron chi connectivity index (χ1n) is 8.60. The van der Waals surface area contributed by atoms with Crippen molar-refractivity contribution in [3.63, 3.8) is 0 Å². The van der Waals surface area contributed by atoms with Crippen LogP contribution in [-0.4, -0.2) is 39.6 Å². The predicted molar refractivity (Wildman–Crippen MR) is 98.9 cm³/mol. The van der Waals surface area contributed by atoms with Crippen LogP contribution < -0.4 is 10.1 Å². The Hall–Kier alpha value is -2.80. The number of carbonyl (C=O) groups is 2. The number of dihydropyridines is 1. The minimum atomic E-state index is -0.689. The molecule has 2 rings (SSSR count). The first-order valence-corrected chi connectivity index (χ1v) is 8.60. The molecule has 7 heteroatoms. The Bertz CT molecular complexity index is 780. The topological polar surface area (TPSA) is 83.1 Å². The number of hydrogen-bond donors (Lipinski definition) is 1. The first kappa shape index (κ1) is 20.5. The maximum absolute atomic E-state index is 12.7. The molecular formula is C20H25NO6. The number of rotatable bonds is 7. The summed E-state index contributed by atoms with van der Waals surface area (Å²) in [7, 11) is 2.83. The van der Waals surface area contributed by atoms with Crippen LogP contribution in [0.15, 0.2) is 46.8 Å². The van der Waals surface area contributed by atoms with Crippen molar-refractivity contribution in [2.45, 2.75) is 26.7 Å². The van der Waals surface area contributed by atoms with Gasteiger partial charge in [0.2, 0.25) is 0 Å². The second-order valence-corrected chi connectivity index (χ2v) is 5.94. The third-order valence-electron chi connectivity index (χ3n) is 4.22. The Morgan fingerprint density at radius 1 is 1.04 bits per heavy atom. The van der Waals surface area contributed by atoms with Crippen LogP contribution in [-0.2, 0) is 23.8 Å². The molecule has 1 atom stereocenters. The van der Waals surface area contributed by atoms with Crippen LogP contribution in [0.1, 0.15) is 32.3 Å². The fourth-order valence-electron chi connectivity index (χ4n) is 3.14. The van der Waals surface area contributed by atoms with Crippen LogP contribution in [0.3, 0.4) is 0 Å². The molecule has 1 aromatic carbocycles. The quantitative estimate of drug-likeness (QED) is 0.579. The average Bonchev–Trinajstić information content (AvgIpc) is 2.65. The van der Waals surface area contributed by atoms with Crippen molar-refractivity contribution >= 4 is 11.9 Å². The fourth-order valence-corrected chi connectivity index (χ4v) is 3.14. The van der Waals surface area contributed by atoms with Crippen molar-refractivity contribution in [3.05, 3.63) is 52.4 Å². The summed E-state index contributed by atoms with van der Waals surface area (Å²) in [5.41, 5.74) is 2.55. The standard InChI is InChI=1S/C20H25NO6/c1-6-26-20(23)17-13(3)21-12(2)16(19(22)25-5)18(17)14-9-7-8-10-15(14)27-11-24-4/h7-10,18,21H,6,11H2,1-5H3. The van der Waals surface area contributed by atoms with Gasteiger partial charge >= 0.3 is 11.9 Å². The van der Waals surface area contributed by atoms with E-state index in [1.807, 2.05) is 18.2 Å². The van der Waals surface area contributed by atoms with Gasteiger partial charge in [0, 0.05) is 24.1 Å². The zero-order chi connectivity index (χ0) is 20.0. The third kappa shape index (κ3) is 4.31. The zero-order valence-electron chi connectivity index (χ0n) is 16.3. The van der Waals surface area contributed by atoms with Gasteiger partial charge < -0.3 is 24.3 Å². The van der Waals surface area contributed by atoms with Gasteiger partial charge in [-0.15, -0.1) is 0 Å². The normalized spacial score (nSPS) is 16.7. The van der Waals surface area contributed by atoms with E-state index in [9.17, 15) is 9.59 Å². The number of carbonyl (C=O) groups excluding carboxylic acids is 2. The number of allylic oxidation sites excluding steroid dienone is 2. The Morgan fingerprint density at radius 3 is 2.26 bits per heavy atom. The summed E-state index contributed by atoms with van der Waals surface area (Å²) in [5.74, 6) is -1.20. The van der Waals surface area contributed by atoms with Gasteiger partial charge in [0.05, 0.1) is 30.8 Å². The summed E-state index contributed by atoms with van der Waals surface area (Å²) in [5, 5.41) is 3.09. The number of para-hydroxylation sites is 1. The number of nitrogens with one attached hydrogen (secondary N) is 1. The minimum Gasteiger partial charge on any atom is -0.467 e. The van der Waals surface area contributed by atoms with E-state index in [1.165, 1.54) is 14.2 Å². The van der Waals surface area contributed by atoms with Crippen LogP contribution in [0.4, 0.5) is 0 Å². The molecule has 0 aliphatic carbocycles. The highest BCUT2D eigenvalue weighted by molar-refractivity contribution is 6.00. The smallest absolute Gasteiger partial charge is 0.336 e. The lowest BCUT2D eigenvalue weighted by atomic mass is 9.80. The van der Waals surface area contributed by atoms with E-state index in [-0.39, 0.29) is 13.4 Å². The van der Waals surface area contributed by atoms with Crippen LogP contribution in [0, 0.1) is 0 Å². The summed E-state index contributed by atoms with van der Waals surface area (Å²) in [6, 6.07) is 7.20. The molecule has 1 heterocycles. The van der Waals surface area contributed by atoms with Crippen molar-refractivity contribution < 1.29 is 28.5 Å². The zero-order valence-corrected chi connectivity index (χ0v) is 16.3. The average molecular weight is 375 g/mol. The number of ether oxygens (including phenoxy) is 4. The molecule has 0 bridgehead atoms. The molecule has 0 saturated carbocycles. The van der Waals surface area contributed by atoms with Gasteiger partial charge in [-0.05, 0) is 26.8 Å². The Balaban J connectivity index is 2.68. The SMILES string of the molecule is CCOC(=O)C1=C(C)NC(C)=C(C(=O)OC)C1c1ccccc1OCOC. The summed E-state index contributed by atoms with van der Waals surface area (Å²) in [4.78, 5) is 25.3. The lowest BCUT2D eigenvalue weighted by molar-refractivity contribution is -0.139. The van der Waals surface area contributed by atoms with Gasteiger partial charge in [0.25, 0.3) is 0 Å². The van der Waals surface area contributed by atoms with Gasteiger partial charge in [-0.3, -0.25) is 0 Å². The molecule has 7 nitrogen and oxygen atoms in total. The summed E-state index contributed by atoms with van der Waals surface area (Å²) < 4.78 is 20.9. The first-order chi connectivity index (χ1) is 13.0. The van der Waals surface area contributed by atoms with Crippen LogP contribution in [0.5, 0.6) is 5.75 Å². The van der Waals surface area contributed by atoms with Crippen LogP contribution >= 0.6 is 0 Å². The minimum absolute atomic E-state index is 0.0374. The van der Waals surface area contributed by atoms with E-state index in [1.54, 1.807) is 26.8 Å². The van der Waals surface area contributed by atoms with Gasteiger partial charge in [0.1, 0.15) is 5.75 Å². The maximum atomic E-state index is 12.7. The van der Waals surface area contributed by atoms with E-state index < -0.39 is 17.9 Å². The molecule has 27 heavy (non-hydrogen) atoms. The van der Waals surface area contributed by atoms with E-state index in [0.717, 1.165) is 0 Å². The van der Waals surface area contributed by atoms with E-state index in [0.29, 0.717) is 33.9 Å². The molecule has 0 aromatic heterocycles. The molecule has 0 radical (unpaired) electrons. The van der Waals surface area contributed by atoms with Gasteiger partial charge in [-0.2, -0.15) is 0 Å². The number of hydrogen-bond acceptors (Lipinski definition) is 7. The monoisotopic (exact) mass is 375 g/mol. The predicted octanol–water partition coefficient (Wildman–Crippen LogP) is 2.64. The maximum Gasteiger partial charge on any atom is 0.336 e. The highest BCUT2D eigenvalue weighted by Crippen LogP contribution is 2.42. The molecule has 1 aliphatic rings. The van der Waals surface area contributed by atoms with Crippen molar-refractivity contribution in [3.8, 4) is 5.75 Å². The third-order valence-corrected chi connectivity index (χ3v) is 4.22. The van der Waals surface area contributed by atoms with Crippen molar-refractivity contribution in [1.29, 1.82) is 0 Å². The summed E-state index contributed by atoms with van der Waals surface area (Å²) in [6.45, 7) is 5.53. The van der Waals surface area contributed by atoms with Gasteiger partial charge in [-0.1, -0.05) is 18.2 Å². The van der Waals surface area contributed by atoms with Gasteiger partial charge in [0.15, 0.2) is 6.79 Å². The lowest BCUT2D eigenvalue weighted by Crippen LogP contribution is -2.32. The second kappa shape index (κ2) is 9.23. The number of benzene rings is 1. The second-order valence-electron chi connectivity index (χ2n) is 5.94.